The number of benzene rings is 2. The van der Waals surface area contributed by atoms with Gasteiger partial charge in [0.05, 0.1) is 34.9 Å². The number of phenols is 3. The number of fused-ring (bicyclic) bond motifs is 3. The second-order valence-electron chi connectivity index (χ2n) is 13.5. The third kappa shape index (κ3) is 6.18. The van der Waals surface area contributed by atoms with E-state index in [4.69, 9.17) is 14.6 Å². The van der Waals surface area contributed by atoms with Crippen molar-refractivity contribution in [2.45, 2.75) is 95.0 Å². The molecule has 0 saturated carbocycles. The Balaban J connectivity index is 1.30. The number of aliphatic hydroxyl groups excluding tert-OH is 2. The first-order valence-electron chi connectivity index (χ1n) is 16.9. The molecule has 2 aliphatic carbocycles. The number of unbranched alkanes of at least 4 members (excludes halogenated alkanes) is 3. The molecule has 15 heteroatoms. The van der Waals surface area contributed by atoms with Crippen LogP contribution in [0.1, 0.15) is 101 Å². The van der Waals surface area contributed by atoms with Gasteiger partial charge in [0, 0.05) is 49.1 Å². The van der Waals surface area contributed by atoms with Gasteiger partial charge in [0.25, 0.3) is 10.9 Å². The van der Waals surface area contributed by atoms with Crippen LogP contribution >= 0.6 is 0 Å². The summed E-state index contributed by atoms with van der Waals surface area (Å²) in [5, 5.41) is 70.9. The number of rotatable bonds is 12. The third-order valence-electron chi connectivity index (χ3n) is 10.2. The number of hydrogen-bond donors (Lipinski definition) is 8. The zero-order valence-electron chi connectivity index (χ0n) is 28.0. The molecular formula is C36H40N2O13. The lowest BCUT2D eigenvalue weighted by Crippen LogP contribution is -2.53. The predicted octanol–water partition coefficient (Wildman–Crippen LogP) is 1.44. The van der Waals surface area contributed by atoms with Crippen LogP contribution in [-0.2, 0) is 20.7 Å². The molecule has 51 heavy (non-hydrogen) atoms. The highest BCUT2D eigenvalue weighted by atomic mass is 16.7. The van der Waals surface area contributed by atoms with Crippen molar-refractivity contribution in [1.82, 2.24) is 0 Å². The maximum absolute atomic E-state index is 13.7. The van der Waals surface area contributed by atoms with Gasteiger partial charge in [-0.05, 0) is 32.8 Å². The maximum Gasteiger partial charge on any atom is 0.253 e. The molecule has 0 amide bonds. The fraction of sp³-hybridized carbons (Fsp3) is 0.472. The maximum atomic E-state index is 13.7. The van der Waals surface area contributed by atoms with Gasteiger partial charge in [-0.2, -0.15) is 0 Å². The van der Waals surface area contributed by atoms with Gasteiger partial charge in [-0.15, -0.1) is 0 Å². The molecule has 1 saturated heterocycles. The fourth-order valence-electron chi connectivity index (χ4n) is 7.30. The number of carbonyl (C=O) groups excluding carboxylic acids is 3. The lowest BCUT2D eigenvalue weighted by molar-refractivity contribution is -0.245. The summed E-state index contributed by atoms with van der Waals surface area (Å²) in [6.45, 7) is 3.17. The topological polar surface area (TPSA) is 249 Å². The summed E-state index contributed by atoms with van der Waals surface area (Å²) in [6, 6.07) is 2.94. The second kappa shape index (κ2) is 13.8. The molecule has 0 bridgehead atoms. The van der Waals surface area contributed by atoms with Crippen LogP contribution in [0.25, 0.3) is 0 Å². The van der Waals surface area contributed by atoms with E-state index in [1.54, 1.807) is 0 Å². The normalized spacial score (nSPS) is 25.6. The summed E-state index contributed by atoms with van der Waals surface area (Å²) >= 11 is 0. The minimum atomic E-state index is -2.13. The number of nitrogens with one attached hydrogen (secondary N) is 2. The molecule has 3 aromatic carbocycles. The number of ether oxygens (including phenoxy) is 2. The molecule has 6 rings (SSSR count). The van der Waals surface area contributed by atoms with Crippen LogP contribution in [0, 0.1) is 0 Å². The lowest BCUT2D eigenvalue weighted by atomic mass is 9.72. The third-order valence-corrected chi connectivity index (χ3v) is 10.2. The Morgan fingerprint density at radius 3 is 2.35 bits per heavy atom. The number of phenolic OH excluding ortho intramolecular Hbond substituents is 3. The van der Waals surface area contributed by atoms with E-state index in [0.29, 0.717) is 19.4 Å². The summed E-state index contributed by atoms with van der Waals surface area (Å²) < 4.78 is 12.2. The first-order valence-corrected chi connectivity index (χ1v) is 16.9. The van der Waals surface area contributed by atoms with Crippen molar-refractivity contribution in [2.24, 2.45) is 0 Å². The Morgan fingerprint density at radius 1 is 0.961 bits per heavy atom. The van der Waals surface area contributed by atoms with E-state index < -0.39 is 106 Å². The van der Waals surface area contributed by atoms with Crippen molar-refractivity contribution in [1.29, 1.82) is 0 Å². The quantitative estimate of drug-likeness (QED) is 0.0589. The molecule has 1 fully saturated rings. The van der Waals surface area contributed by atoms with E-state index in [1.807, 2.05) is 0 Å². The Morgan fingerprint density at radius 2 is 1.65 bits per heavy atom. The van der Waals surface area contributed by atoms with E-state index in [-0.39, 0.29) is 46.7 Å². The molecular weight excluding hydrogens is 668 g/mol. The minimum absolute atomic E-state index is 0.0119. The zero-order chi connectivity index (χ0) is 36.9. The minimum Gasteiger partial charge on any atom is -0.507 e. The predicted molar refractivity (Wildman–Crippen MR) is 180 cm³/mol. The summed E-state index contributed by atoms with van der Waals surface area (Å²) in [5.74, 6) is -4.47. The molecule has 3 aromatic rings. The highest BCUT2D eigenvalue weighted by Crippen LogP contribution is 2.52. The summed E-state index contributed by atoms with van der Waals surface area (Å²) in [5.41, 5.74) is -5.59. The van der Waals surface area contributed by atoms with Crippen molar-refractivity contribution in [3.8, 4) is 17.2 Å². The van der Waals surface area contributed by atoms with Crippen LogP contribution in [0.4, 0.5) is 11.4 Å². The molecule has 8 N–H and O–H groups in total. The summed E-state index contributed by atoms with van der Waals surface area (Å²) in [4.78, 5) is 64.9. The number of carbonyl (C=O) groups is 3. The molecule has 1 aliphatic heterocycles. The monoisotopic (exact) mass is 708 g/mol. The Labute approximate surface area is 291 Å². The molecule has 15 nitrogen and oxygen atoms in total. The molecule has 6 atom stereocenters. The molecule has 0 unspecified atom stereocenters. The van der Waals surface area contributed by atoms with Gasteiger partial charge in [0.15, 0.2) is 17.9 Å². The Bertz CT molecular complexity index is 1980. The summed E-state index contributed by atoms with van der Waals surface area (Å²) in [6.07, 6.45) is -2.86. The molecule has 0 spiro atoms. The van der Waals surface area contributed by atoms with Crippen molar-refractivity contribution in [3.63, 3.8) is 0 Å². The van der Waals surface area contributed by atoms with Crippen LogP contribution < -0.4 is 21.5 Å². The molecule has 1 heterocycles. The van der Waals surface area contributed by atoms with Crippen molar-refractivity contribution < 1.29 is 54.5 Å². The Hall–Kier alpha value is -4.67. The van der Waals surface area contributed by atoms with Crippen molar-refractivity contribution >= 4 is 28.7 Å². The highest BCUT2D eigenvalue weighted by Gasteiger charge is 2.49. The molecule has 272 valence electrons. The number of aliphatic hydroxyl groups is 3. The first kappa shape index (κ1) is 36.1. The highest BCUT2D eigenvalue weighted by molar-refractivity contribution is 6.31. The van der Waals surface area contributed by atoms with E-state index >= 15 is 0 Å². The van der Waals surface area contributed by atoms with Gasteiger partial charge >= 0.3 is 0 Å². The van der Waals surface area contributed by atoms with Crippen LogP contribution in [0.5, 0.6) is 17.2 Å². The van der Waals surface area contributed by atoms with Gasteiger partial charge in [-0.25, -0.2) is 0 Å². The van der Waals surface area contributed by atoms with Gasteiger partial charge in [0.2, 0.25) is 5.78 Å². The largest absolute Gasteiger partial charge is 0.507 e. The van der Waals surface area contributed by atoms with Gasteiger partial charge in [-0.3, -0.25) is 24.0 Å². The standard InChI is InChI=1S/C36H40N2O13/c1-15-29(42)19(38-28-27(34(47)35(28)48)37-10-5-3-4-6-11-39)12-22(50-15)51-21-14-36(49,16(2)40)13-18-24(21)33(46)26-25(31(18)44)30(43)17-8-7-9-20(41)23(17)32(26)45/h7-9,15,19,21-22,29,37-39,41-42,44,46,49H,3-6,10-14H2,1-2H3/t15-,19-,21-,22-,29+,36-/m0/s1. The van der Waals surface area contributed by atoms with Gasteiger partial charge in [0.1, 0.15) is 40.3 Å². The van der Waals surface area contributed by atoms with Crippen LogP contribution in [-0.4, -0.2) is 91.3 Å². The van der Waals surface area contributed by atoms with Crippen LogP contribution in [0.2, 0.25) is 0 Å². The van der Waals surface area contributed by atoms with E-state index in [9.17, 15) is 49.5 Å². The van der Waals surface area contributed by atoms with Gasteiger partial charge < -0.3 is 50.7 Å². The van der Waals surface area contributed by atoms with E-state index in [1.165, 1.54) is 25.1 Å². The average Bonchev–Trinajstić information content (AvgIpc) is 3.09. The number of ketones is 3. The number of Topliss-reactive ketones (excluding diaryl/α,β-unsaturated/α-hetero) is 1. The smallest absolute Gasteiger partial charge is 0.253 e. The lowest BCUT2D eigenvalue weighted by Gasteiger charge is -2.43. The SMILES string of the molecule is CC(=O)[C@]1(O)Cc2c(O)c3c(c(O)c2[C@@H](O[C@H]2C[C@H](Nc4c(NCCCCCCO)c(=O)c4=O)[C@H](O)[C@H](C)O2)C1)C(=O)c1c(O)cccc1C3=O. The van der Waals surface area contributed by atoms with E-state index in [0.717, 1.165) is 19.8 Å². The Kier molecular flexibility index (Phi) is 9.78. The fourth-order valence-corrected chi connectivity index (χ4v) is 7.30. The van der Waals surface area contributed by atoms with Crippen molar-refractivity contribution in [3.05, 3.63) is 72.0 Å². The number of aromatic hydroxyl groups is 3. The summed E-state index contributed by atoms with van der Waals surface area (Å²) in [7, 11) is 0. The van der Waals surface area contributed by atoms with Crippen molar-refractivity contribution in [2.75, 3.05) is 23.8 Å². The van der Waals surface area contributed by atoms with Crippen LogP contribution in [0.15, 0.2) is 27.8 Å². The molecule has 0 radical (unpaired) electrons. The second-order valence-corrected chi connectivity index (χ2v) is 13.5. The number of anilines is 2. The number of hydrogen-bond acceptors (Lipinski definition) is 15. The average molecular weight is 709 g/mol. The molecule has 0 aromatic heterocycles. The zero-order valence-corrected chi connectivity index (χ0v) is 28.0. The van der Waals surface area contributed by atoms with E-state index in [2.05, 4.69) is 10.6 Å². The van der Waals surface area contributed by atoms with Crippen LogP contribution in [0.3, 0.4) is 0 Å². The first-order chi connectivity index (χ1) is 24.2. The van der Waals surface area contributed by atoms with Gasteiger partial charge in [-0.1, -0.05) is 25.0 Å². The molecule has 3 aliphatic rings.